The maximum atomic E-state index is 12.8. The van der Waals surface area contributed by atoms with Crippen molar-refractivity contribution in [1.29, 1.82) is 0 Å². The molecule has 0 unspecified atom stereocenters. The molecule has 0 amide bonds. The van der Waals surface area contributed by atoms with E-state index in [0.717, 1.165) is 21.8 Å². The zero-order valence-corrected chi connectivity index (χ0v) is 15.5. The van der Waals surface area contributed by atoms with E-state index in [2.05, 4.69) is 41.1 Å². The van der Waals surface area contributed by atoms with Gasteiger partial charge in [0.2, 0.25) is 0 Å². The highest BCUT2D eigenvalue weighted by Gasteiger charge is 2.15. The smallest absolute Gasteiger partial charge is 0.271 e. The fourth-order valence-electron chi connectivity index (χ4n) is 2.91. The minimum Gasteiger partial charge on any atom is -0.497 e. The Balaban J connectivity index is 1.70. The van der Waals surface area contributed by atoms with Crippen LogP contribution in [-0.2, 0) is 6.67 Å². The standard InChI is InChI=1S/C20H19N3O2S/c1-14-6-8-16(9-7-14)22-12-21-20-23(13-22)19(24)18(26-20)11-15-4-3-5-17(10-15)25-2/h3-11H,12-13H2,1-2H3. The van der Waals surface area contributed by atoms with E-state index in [9.17, 15) is 4.79 Å². The van der Waals surface area contributed by atoms with Gasteiger partial charge in [-0.15, -0.1) is 0 Å². The molecule has 1 aliphatic heterocycles. The van der Waals surface area contributed by atoms with Gasteiger partial charge in [-0.1, -0.05) is 41.2 Å². The molecule has 0 saturated heterocycles. The SMILES string of the molecule is COc1cccc(C=c2sc3n(c2=O)CN(c2ccc(C)cc2)CN=3)c1. The molecule has 132 valence electrons. The van der Waals surface area contributed by atoms with E-state index in [1.54, 1.807) is 11.7 Å². The van der Waals surface area contributed by atoms with Crippen molar-refractivity contribution in [2.75, 3.05) is 18.7 Å². The van der Waals surface area contributed by atoms with Crippen LogP contribution in [0.1, 0.15) is 11.1 Å². The molecule has 3 aromatic rings. The second-order valence-electron chi connectivity index (χ2n) is 6.22. The fourth-order valence-corrected chi connectivity index (χ4v) is 3.88. The summed E-state index contributed by atoms with van der Waals surface area (Å²) in [4.78, 5) is 20.3. The molecule has 1 aromatic heterocycles. The maximum absolute atomic E-state index is 12.8. The number of hydrogen-bond donors (Lipinski definition) is 0. The van der Waals surface area contributed by atoms with E-state index in [1.165, 1.54) is 16.9 Å². The molecule has 0 fully saturated rings. The van der Waals surface area contributed by atoms with Crippen LogP contribution in [0, 0.1) is 6.92 Å². The number of rotatable bonds is 3. The van der Waals surface area contributed by atoms with E-state index in [4.69, 9.17) is 4.74 Å². The van der Waals surface area contributed by atoms with Crippen LogP contribution in [0.25, 0.3) is 6.08 Å². The topological polar surface area (TPSA) is 46.8 Å². The summed E-state index contributed by atoms with van der Waals surface area (Å²) >= 11 is 1.43. The zero-order valence-electron chi connectivity index (χ0n) is 14.7. The number of aromatic nitrogens is 1. The summed E-state index contributed by atoms with van der Waals surface area (Å²) in [5.41, 5.74) is 3.22. The van der Waals surface area contributed by atoms with E-state index in [1.807, 2.05) is 30.3 Å². The van der Waals surface area contributed by atoms with Crippen molar-refractivity contribution in [3.05, 3.63) is 79.3 Å². The Morgan fingerprint density at radius 1 is 1.19 bits per heavy atom. The number of fused-ring (bicyclic) bond motifs is 1. The second-order valence-corrected chi connectivity index (χ2v) is 7.23. The number of anilines is 1. The third kappa shape index (κ3) is 3.15. The summed E-state index contributed by atoms with van der Waals surface area (Å²) in [6.07, 6.45) is 1.90. The second kappa shape index (κ2) is 6.80. The van der Waals surface area contributed by atoms with E-state index in [0.29, 0.717) is 17.9 Å². The Bertz CT molecular complexity index is 1110. The lowest BCUT2D eigenvalue weighted by molar-refractivity contribution is 0.414. The Labute approximate surface area is 155 Å². The van der Waals surface area contributed by atoms with Gasteiger partial charge in [0.15, 0.2) is 4.80 Å². The first-order valence-electron chi connectivity index (χ1n) is 8.35. The average molecular weight is 365 g/mol. The lowest BCUT2D eigenvalue weighted by Crippen LogP contribution is -2.42. The molecule has 0 bridgehead atoms. The highest BCUT2D eigenvalue weighted by molar-refractivity contribution is 7.07. The van der Waals surface area contributed by atoms with Crippen molar-refractivity contribution in [3.8, 4) is 5.75 Å². The number of aryl methyl sites for hydroxylation is 1. The number of thiazole rings is 1. The van der Waals surface area contributed by atoms with Crippen molar-refractivity contribution in [2.24, 2.45) is 4.99 Å². The van der Waals surface area contributed by atoms with E-state index >= 15 is 0 Å². The van der Waals surface area contributed by atoms with Gasteiger partial charge in [0.05, 0.1) is 11.6 Å². The molecule has 26 heavy (non-hydrogen) atoms. The van der Waals surface area contributed by atoms with Crippen LogP contribution in [0.4, 0.5) is 5.69 Å². The van der Waals surface area contributed by atoms with Crippen molar-refractivity contribution in [2.45, 2.75) is 13.6 Å². The monoisotopic (exact) mass is 365 g/mol. The Kier molecular flexibility index (Phi) is 4.34. The summed E-state index contributed by atoms with van der Waals surface area (Å²) in [7, 11) is 1.64. The van der Waals surface area contributed by atoms with Gasteiger partial charge in [0.1, 0.15) is 19.1 Å². The molecule has 6 heteroatoms. The minimum atomic E-state index is -0.00613. The average Bonchev–Trinajstić information content (AvgIpc) is 2.98. The molecule has 4 rings (SSSR count). The molecular weight excluding hydrogens is 346 g/mol. The van der Waals surface area contributed by atoms with Gasteiger partial charge in [-0.05, 0) is 42.8 Å². The van der Waals surface area contributed by atoms with Gasteiger partial charge in [-0.25, -0.2) is 4.99 Å². The first-order valence-corrected chi connectivity index (χ1v) is 9.17. The Morgan fingerprint density at radius 3 is 2.77 bits per heavy atom. The summed E-state index contributed by atoms with van der Waals surface area (Å²) < 4.78 is 7.67. The molecule has 2 aromatic carbocycles. The van der Waals surface area contributed by atoms with Crippen molar-refractivity contribution in [1.82, 2.24) is 4.57 Å². The molecule has 0 spiro atoms. The first-order chi connectivity index (χ1) is 12.6. The lowest BCUT2D eigenvalue weighted by Gasteiger charge is -2.25. The van der Waals surface area contributed by atoms with Crippen molar-refractivity contribution >= 4 is 23.1 Å². The van der Waals surface area contributed by atoms with Gasteiger partial charge in [-0.2, -0.15) is 0 Å². The predicted octanol–water partition coefficient (Wildman–Crippen LogP) is 2.11. The normalized spacial score (nSPS) is 14.1. The van der Waals surface area contributed by atoms with E-state index in [-0.39, 0.29) is 5.56 Å². The van der Waals surface area contributed by atoms with Crippen LogP contribution in [0.5, 0.6) is 5.75 Å². The van der Waals surface area contributed by atoms with Gasteiger partial charge < -0.3 is 9.64 Å². The number of benzene rings is 2. The lowest BCUT2D eigenvalue weighted by atomic mass is 10.2. The third-order valence-corrected chi connectivity index (χ3v) is 5.41. The number of nitrogens with zero attached hydrogens (tertiary/aromatic N) is 3. The Morgan fingerprint density at radius 2 is 2.00 bits per heavy atom. The summed E-state index contributed by atoms with van der Waals surface area (Å²) in [5, 5.41) is 0. The van der Waals surface area contributed by atoms with Gasteiger partial charge in [0.25, 0.3) is 5.56 Å². The van der Waals surface area contributed by atoms with Gasteiger partial charge >= 0.3 is 0 Å². The summed E-state index contributed by atoms with van der Waals surface area (Å²) in [6, 6.07) is 16.0. The van der Waals surface area contributed by atoms with Crippen molar-refractivity contribution < 1.29 is 4.74 Å². The molecule has 1 aliphatic rings. The Hall–Kier alpha value is -2.86. The van der Waals surface area contributed by atoms with Crippen molar-refractivity contribution in [3.63, 3.8) is 0 Å². The molecule has 2 heterocycles. The van der Waals surface area contributed by atoms with Crippen LogP contribution in [0.15, 0.2) is 58.3 Å². The zero-order chi connectivity index (χ0) is 18.1. The van der Waals surface area contributed by atoms with Crippen LogP contribution in [-0.4, -0.2) is 18.3 Å². The fraction of sp³-hybridized carbons (Fsp3) is 0.200. The largest absolute Gasteiger partial charge is 0.497 e. The summed E-state index contributed by atoms with van der Waals surface area (Å²) in [5.74, 6) is 0.774. The van der Waals surface area contributed by atoms with Crippen LogP contribution in [0.2, 0.25) is 0 Å². The van der Waals surface area contributed by atoms with Crippen LogP contribution < -0.4 is 24.5 Å². The van der Waals surface area contributed by atoms with Crippen LogP contribution >= 0.6 is 11.3 Å². The van der Waals surface area contributed by atoms with Gasteiger partial charge in [-0.3, -0.25) is 9.36 Å². The molecule has 0 atom stereocenters. The quantitative estimate of drug-likeness (QED) is 0.714. The molecule has 0 aliphatic carbocycles. The maximum Gasteiger partial charge on any atom is 0.271 e. The van der Waals surface area contributed by atoms with E-state index < -0.39 is 0 Å². The number of methoxy groups -OCH3 is 1. The molecule has 0 N–H and O–H groups in total. The number of ether oxygens (including phenoxy) is 1. The molecule has 5 nitrogen and oxygen atoms in total. The molecular formula is C20H19N3O2S. The highest BCUT2D eigenvalue weighted by Crippen LogP contribution is 2.16. The summed E-state index contributed by atoms with van der Waals surface area (Å²) in [6.45, 7) is 3.14. The minimum absolute atomic E-state index is 0.00613. The third-order valence-electron chi connectivity index (χ3n) is 4.37. The van der Waals surface area contributed by atoms with Crippen LogP contribution in [0.3, 0.4) is 0 Å². The first kappa shape index (κ1) is 16.6. The highest BCUT2D eigenvalue weighted by atomic mass is 32.1. The van der Waals surface area contributed by atoms with Gasteiger partial charge in [0, 0.05) is 5.69 Å². The molecule has 0 radical (unpaired) electrons. The predicted molar refractivity (Wildman–Crippen MR) is 104 cm³/mol. The number of hydrogen-bond acceptors (Lipinski definition) is 5. The molecule has 0 saturated carbocycles.